The topological polar surface area (TPSA) is 58.6 Å². The molecule has 0 spiro atoms. The first-order valence-corrected chi connectivity index (χ1v) is 8.81. The van der Waals surface area contributed by atoms with E-state index in [2.05, 4.69) is 5.32 Å². The minimum Gasteiger partial charge on any atom is -0.487 e. The van der Waals surface area contributed by atoms with E-state index in [1.165, 1.54) is 6.92 Å². The lowest BCUT2D eigenvalue weighted by molar-refractivity contribution is -0.117. The van der Waals surface area contributed by atoms with Gasteiger partial charge in [-0.05, 0) is 57.5 Å². The molecule has 1 N–H and O–H groups in total. The predicted octanol–water partition coefficient (Wildman–Crippen LogP) is 3.81. The lowest BCUT2D eigenvalue weighted by Gasteiger charge is -2.38. The number of nitrogens with zero attached hydrogens (tertiary/aromatic N) is 1. The van der Waals surface area contributed by atoms with Crippen LogP contribution in [0.25, 0.3) is 0 Å². The average Bonchev–Trinajstić information content (AvgIpc) is 2.61. The summed E-state index contributed by atoms with van der Waals surface area (Å²) < 4.78 is 5.88. The molecule has 5 heteroatoms. The third kappa shape index (κ3) is 3.57. The van der Waals surface area contributed by atoms with Crippen LogP contribution in [0.3, 0.4) is 0 Å². The van der Waals surface area contributed by atoms with Crippen LogP contribution in [0.4, 0.5) is 11.4 Å². The highest BCUT2D eigenvalue weighted by molar-refractivity contribution is 5.99. The Morgan fingerprint density at radius 1 is 1.23 bits per heavy atom. The minimum absolute atomic E-state index is 0.0108. The Kier molecular flexibility index (Phi) is 4.98. The summed E-state index contributed by atoms with van der Waals surface area (Å²) in [6, 6.07) is 12.7. The summed E-state index contributed by atoms with van der Waals surface area (Å²) in [5.41, 5.74) is 3.22. The zero-order valence-electron chi connectivity index (χ0n) is 15.6. The molecular formula is C21H24N2O3. The molecule has 26 heavy (non-hydrogen) atoms. The van der Waals surface area contributed by atoms with Crippen molar-refractivity contribution in [3.63, 3.8) is 0 Å². The molecule has 1 aliphatic rings. The second-order valence-electron chi connectivity index (χ2n) is 6.80. The lowest BCUT2D eigenvalue weighted by Crippen LogP contribution is -2.48. The van der Waals surface area contributed by atoms with E-state index in [1.807, 2.05) is 49.9 Å². The molecule has 1 aliphatic heterocycles. The molecule has 1 heterocycles. The number of carbonyl (C=O) groups is 2. The lowest BCUT2D eigenvalue weighted by atomic mass is 10.1. The van der Waals surface area contributed by atoms with Crippen molar-refractivity contribution in [2.24, 2.45) is 0 Å². The van der Waals surface area contributed by atoms with Crippen LogP contribution in [0.5, 0.6) is 5.75 Å². The van der Waals surface area contributed by atoms with E-state index in [0.29, 0.717) is 17.9 Å². The van der Waals surface area contributed by atoms with Crippen LogP contribution < -0.4 is 15.0 Å². The van der Waals surface area contributed by atoms with Gasteiger partial charge in [-0.2, -0.15) is 0 Å². The number of amides is 1. The zero-order chi connectivity index (χ0) is 18.8. The van der Waals surface area contributed by atoms with E-state index in [1.54, 1.807) is 18.2 Å². The highest BCUT2D eigenvalue weighted by Gasteiger charge is 2.30. The molecule has 2 atom stereocenters. The zero-order valence-corrected chi connectivity index (χ0v) is 15.6. The standard InChI is InChI=1S/C21H24N2O3/c1-13-7-5-6-8-18(13)22-21(25)15(3)23-12-14(2)26-20-10-9-17(16(4)24)11-19(20)23/h5-11,14-15H,12H2,1-4H3,(H,22,25). The molecule has 1 amide bonds. The number of ketones is 1. The summed E-state index contributed by atoms with van der Waals surface area (Å²) in [4.78, 5) is 26.6. The highest BCUT2D eigenvalue weighted by Crippen LogP contribution is 2.36. The van der Waals surface area contributed by atoms with E-state index in [-0.39, 0.29) is 17.8 Å². The molecule has 2 aromatic carbocycles. The Balaban J connectivity index is 1.88. The van der Waals surface area contributed by atoms with Gasteiger partial charge in [-0.3, -0.25) is 9.59 Å². The van der Waals surface area contributed by atoms with E-state index in [4.69, 9.17) is 4.74 Å². The Morgan fingerprint density at radius 3 is 2.65 bits per heavy atom. The number of anilines is 2. The smallest absolute Gasteiger partial charge is 0.246 e. The van der Waals surface area contributed by atoms with Gasteiger partial charge in [-0.15, -0.1) is 0 Å². The summed E-state index contributed by atoms with van der Waals surface area (Å²) in [7, 11) is 0. The first-order valence-electron chi connectivity index (χ1n) is 8.81. The summed E-state index contributed by atoms with van der Waals surface area (Å²) >= 11 is 0. The maximum Gasteiger partial charge on any atom is 0.246 e. The fourth-order valence-electron chi connectivity index (χ4n) is 3.15. The van der Waals surface area contributed by atoms with Gasteiger partial charge in [0.05, 0.1) is 12.2 Å². The molecule has 136 valence electrons. The summed E-state index contributed by atoms with van der Waals surface area (Å²) in [5, 5.41) is 3.00. The molecule has 0 radical (unpaired) electrons. The fourth-order valence-corrected chi connectivity index (χ4v) is 3.15. The van der Waals surface area contributed by atoms with Gasteiger partial charge in [-0.25, -0.2) is 0 Å². The summed E-state index contributed by atoms with van der Waals surface area (Å²) in [6.45, 7) is 7.92. The number of fused-ring (bicyclic) bond motifs is 1. The van der Waals surface area contributed by atoms with Crippen molar-refractivity contribution >= 4 is 23.1 Å². The number of rotatable bonds is 4. The van der Waals surface area contributed by atoms with Crippen molar-refractivity contribution < 1.29 is 14.3 Å². The second-order valence-corrected chi connectivity index (χ2v) is 6.80. The number of Topliss-reactive ketones (excluding diaryl/α,β-unsaturated/α-hetero) is 1. The van der Waals surface area contributed by atoms with E-state index in [9.17, 15) is 9.59 Å². The molecule has 0 fully saturated rings. The molecule has 0 aromatic heterocycles. The van der Waals surface area contributed by atoms with Crippen LogP contribution in [-0.4, -0.2) is 30.4 Å². The van der Waals surface area contributed by atoms with E-state index < -0.39 is 6.04 Å². The van der Waals surface area contributed by atoms with E-state index in [0.717, 1.165) is 16.9 Å². The largest absolute Gasteiger partial charge is 0.487 e. The molecular weight excluding hydrogens is 328 g/mol. The third-order valence-electron chi connectivity index (χ3n) is 4.71. The number of hydrogen-bond acceptors (Lipinski definition) is 4. The normalized spacial score (nSPS) is 17.1. The SMILES string of the molecule is CC(=O)c1ccc2c(c1)N(C(C)C(=O)Nc1ccccc1C)CC(C)O2. The Hall–Kier alpha value is -2.82. The summed E-state index contributed by atoms with van der Waals surface area (Å²) in [5.74, 6) is 0.597. The Morgan fingerprint density at radius 2 is 1.96 bits per heavy atom. The Bertz CT molecular complexity index is 847. The molecule has 0 aliphatic carbocycles. The predicted molar refractivity (Wildman–Crippen MR) is 103 cm³/mol. The maximum absolute atomic E-state index is 12.8. The minimum atomic E-state index is -0.401. The maximum atomic E-state index is 12.8. The molecule has 0 bridgehead atoms. The molecule has 2 unspecified atom stereocenters. The van der Waals surface area contributed by atoms with Gasteiger partial charge < -0.3 is 15.0 Å². The van der Waals surface area contributed by atoms with Crippen LogP contribution in [0.15, 0.2) is 42.5 Å². The van der Waals surface area contributed by atoms with Gasteiger partial charge in [0, 0.05) is 11.3 Å². The van der Waals surface area contributed by atoms with Crippen LogP contribution in [-0.2, 0) is 4.79 Å². The highest BCUT2D eigenvalue weighted by atomic mass is 16.5. The molecule has 5 nitrogen and oxygen atoms in total. The van der Waals surface area contributed by atoms with Crippen molar-refractivity contribution in [3.05, 3.63) is 53.6 Å². The average molecular weight is 352 g/mol. The van der Waals surface area contributed by atoms with Gasteiger partial charge in [0.15, 0.2) is 5.78 Å². The monoisotopic (exact) mass is 352 g/mol. The van der Waals surface area contributed by atoms with Gasteiger partial charge in [-0.1, -0.05) is 18.2 Å². The number of hydrogen-bond donors (Lipinski definition) is 1. The van der Waals surface area contributed by atoms with Crippen LogP contribution in [0.2, 0.25) is 0 Å². The van der Waals surface area contributed by atoms with Crippen LogP contribution in [0, 0.1) is 6.92 Å². The number of benzene rings is 2. The molecule has 3 rings (SSSR count). The first kappa shape index (κ1) is 18.0. The Labute approximate surface area is 154 Å². The van der Waals surface area contributed by atoms with Crippen molar-refractivity contribution in [3.8, 4) is 5.75 Å². The second kappa shape index (κ2) is 7.20. The first-order chi connectivity index (χ1) is 12.4. The van der Waals surface area contributed by atoms with Gasteiger partial charge in [0.2, 0.25) is 5.91 Å². The molecule has 2 aromatic rings. The van der Waals surface area contributed by atoms with Crippen molar-refractivity contribution in [1.82, 2.24) is 0 Å². The van der Waals surface area contributed by atoms with Crippen molar-refractivity contribution in [2.45, 2.75) is 39.8 Å². The van der Waals surface area contributed by atoms with E-state index >= 15 is 0 Å². The van der Waals surface area contributed by atoms with Crippen molar-refractivity contribution in [1.29, 1.82) is 0 Å². The van der Waals surface area contributed by atoms with Crippen LogP contribution >= 0.6 is 0 Å². The summed E-state index contributed by atoms with van der Waals surface area (Å²) in [6.07, 6.45) is -0.0422. The quantitative estimate of drug-likeness (QED) is 0.850. The third-order valence-corrected chi connectivity index (χ3v) is 4.71. The van der Waals surface area contributed by atoms with Gasteiger partial charge >= 0.3 is 0 Å². The van der Waals surface area contributed by atoms with Gasteiger partial charge in [0.1, 0.15) is 17.9 Å². The van der Waals surface area contributed by atoms with Crippen LogP contribution in [0.1, 0.15) is 36.7 Å². The number of ether oxygens (including phenoxy) is 1. The number of aryl methyl sites for hydroxylation is 1. The molecule has 0 saturated carbocycles. The number of carbonyl (C=O) groups excluding carboxylic acids is 2. The van der Waals surface area contributed by atoms with Gasteiger partial charge in [0.25, 0.3) is 0 Å². The molecule has 0 saturated heterocycles. The number of para-hydroxylation sites is 1. The van der Waals surface area contributed by atoms with Crippen molar-refractivity contribution in [2.75, 3.05) is 16.8 Å². The fraction of sp³-hybridized carbons (Fsp3) is 0.333. The number of nitrogens with one attached hydrogen (secondary N) is 1.